The fourth-order valence-corrected chi connectivity index (χ4v) is 0. The van der Waals surface area contributed by atoms with Gasteiger partial charge in [-0.05, 0) is 6.16 Å². The average Bonchev–Trinajstić information content (AvgIpc) is 1.41. The molecule has 0 spiro atoms. The molecule has 0 amide bonds. The summed E-state index contributed by atoms with van der Waals surface area (Å²) < 4.78 is 0. The second-order valence-corrected chi connectivity index (χ2v) is 0.250. The van der Waals surface area contributed by atoms with E-state index in [2.05, 4.69) is 52.3 Å². The van der Waals surface area contributed by atoms with Gasteiger partial charge in [0.2, 0.25) is 0 Å². The molecule has 0 atom stereocenters. The van der Waals surface area contributed by atoms with Crippen molar-refractivity contribution in [2.75, 3.05) is 0 Å². The Morgan fingerprint density at radius 1 is 1.50 bits per heavy atom. The van der Waals surface area contributed by atoms with Gasteiger partial charge in [-0.1, -0.05) is 0 Å². The SMILES string of the molecule is O=C([O-])[O-].[Dy][Dy+2]. The van der Waals surface area contributed by atoms with Crippen molar-refractivity contribution in [3.63, 3.8) is 0 Å². The zero-order valence-corrected chi connectivity index (χ0v) is 6.42. The summed E-state index contributed by atoms with van der Waals surface area (Å²) in [5, 5.41) is 16.7. The third-order valence-electron chi connectivity index (χ3n) is 0. The van der Waals surface area contributed by atoms with Gasteiger partial charge < -0.3 is 15.0 Å². The first-order valence-electron chi connectivity index (χ1n) is 0.712. The van der Waals surface area contributed by atoms with Crippen molar-refractivity contribution in [3.8, 4) is 0 Å². The van der Waals surface area contributed by atoms with Crippen molar-refractivity contribution in [3.05, 3.63) is 0 Å². The Morgan fingerprint density at radius 2 is 1.50 bits per heavy atom. The molecule has 0 radical (unpaired) electrons. The fraction of sp³-hybridized carbons (Fsp3) is 0. The van der Waals surface area contributed by atoms with Crippen molar-refractivity contribution in [1.82, 2.24) is 0 Å². The minimum absolute atomic E-state index is 2.11. The summed E-state index contributed by atoms with van der Waals surface area (Å²) in [5.41, 5.74) is 0. The summed E-state index contributed by atoms with van der Waals surface area (Å²) in [6.45, 7) is 0. The fourth-order valence-electron chi connectivity index (χ4n) is 0. The number of rotatable bonds is 0. The summed E-state index contributed by atoms with van der Waals surface area (Å²) in [4.78, 5) is 8.33. The monoisotopic (exact) mass is 388 g/mol. The Morgan fingerprint density at radius 3 is 1.50 bits per heavy atom. The van der Waals surface area contributed by atoms with E-state index in [-0.39, 0.29) is 0 Å². The molecular formula is CDy2O3. The molecule has 0 unspecified atom stereocenters. The third-order valence-corrected chi connectivity index (χ3v) is 0. The van der Waals surface area contributed by atoms with Crippen LogP contribution in [0.3, 0.4) is 0 Å². The predicted octanol–water partition coefficient (Wildman–Crippen LogP) is -2.45. The maximum atomic E-state index is 8.33. The summed E-state index contributed by atoms with van der Waals surface area (Å²) in [7, 11) is 0. The molecule has 0 aromatic rings. The molecule has 0 aliphatic rings. The van der Waals surface area contributed by atoms with Crippen LogP contribution in [-0.4, -0.2) is 6.16 Å². The average molecular weight is 385 g/mol. The number of carbonyl (C=O) groups excluding carboxylic acids is 1. The van der Waals surface area contributed by atoms with E-state index in [1.807, 2.05) is 0 Å². The van der Waals surface area contributed by atoms with Gasteiger partial charge in [-0.25, -0.2) is 0 Å². The first-order chi connectivity index (χ1) is 2.73. The molecule has 6 heavy (non-hydrogen) atoms. The molecule has 0 bridgehead atoms. The van der Waals surface area contributed by atoms with Crippen LogP contribution in [-0.2, 0) is 0 Å². The molecule has 0 N–H and O–H groups in total. The van der Waals surface area contributed by atoms with E-state index in [1.54, 1.807) is 0 Å². The van der Waals surface area contributed by atoms with Gasteiger partial charge >= 0.3 is 52.3 Å². The van der Waals surface area contributed by atoms with Gasteiger partial charge in [-0.15, -0.1) is 0 Å². The van der Waals surface area contributed by atoms with Crippen molar-refractivity contribution in [2.24, 2.45) is 0 Å². The molecule has 0 rings (SSSR count). The molecule has 0 heterocycles. The van der Waals surface area contributed by atoms with E-state index in [9.17, 15) is 0 Å². The van der Waals surface area contributed by atoms with Gasteiger partial charge in [0.15, 0.2) is 0 Å². The quantitative estimate of drug-likeness (QED) is 0.466. The van der Waals surface area contributed by atoms with Gasteiger partial charge in [0.25, 0.3) is 0 Å². The van der Waals surface area contributed by atoms with E-state index in [1.165, 1.54) is 0 Å². The first-order valence-corrected chi connectivity index (χ1v) is 6.11. The topological polar surface area (TPSA) is 63.2 Å². The summed E-state index contributed by atoms with van der Waals surface area (Å²) >= 11 is 4.22. The second-order valence-electron chi connectivity index (χ2n) is 0.250. The van der Waals surface area contributed by atoms with Crippen LogP contribution in [0.25, 0.3) is 0 Å². The summed E-state index contributed by atoms with van der Waals surface area (Å²) in [5.74, 6) is 0. The Bertz CT molecular complexity index is 31.8. The van der Waals surface area contributed by atoms with E-state index in [0.29, 0.717) is 0 Å². The van der Waals surface area contributed by atoms with E-state index in [4.69, 9.17) is 15.0 Å². The number of carbonyl (C=O) groups is 1. The Hall–Kier alpha value is 1.82. The molecule has 3 nitrogen and oxygen atoms in total. The van der Waals surface area contributed by atoms with E-state index < -0.39 is 6.16 Å². The van der Waals surface area contributed by atoms with Crippen LogP contribution in [0.15, 0.2) is 0 Å². The predicted molar refractivity (Wildman–Crippen MR) is 5.40 cm³/mol. The Kier molecular flexibility index (Phi) is 17.8. The summed E-state index contributed by atoms with van der Waals surface area (Å²) in [6, 6.07) is 0. The maximum absolute atomic E-state index is 8.33. The number of carboxylic acid groups (broad SMARTS) is 2. The molecule has 0 aliphatic heterocycles. The van der Waals surface area contributed by atoms with Gasteiger partial charge in [0.05, 0.1) is 0 Å². The molecule has 0 aromatic heterocycles. The third kappa shape index (κ3) is 40.9. The van der Waals surface area contributed by atoms with Crippen molar-refractivity contribution in [2.45, 2.75) is 0 Å². The van der Waals surface area contributed by atoms with E-state index >= 15 is 0 Å². The van der Waals surface area contributed by atoms with Crippen LogP contribution in [0.2, 0.25) is 0 Å². The van der Waals surface area contributed by atoms with Gasteiger partial charge in [0.1, 0.15) is 0 Å². The minimum atomic E-state index is -2.33. The standard InChI is InChI=1S/CH2O3.2Dy/c2-1(3)4;;/h(H2,2,3,4);;/q;;+2/p-2. The molecule has 0 saturated carbocycles. The normalized spacial score (nSPS) is 5.17. The molecule has 5 heteroatoms. The Balaban J connectivity index is 0. The zero-order valence-electron chi connectivity index (χ0n) is 2.36. The van der Waals surface area contributed by atoms with Gasteiger partial charge in [-0.3, -0.25) is 0 Å². The van der Waals surface area contributed by atoms with Crippen molar-refractivity contribution < 1.29 is 67.3 Å². The number of hydrogen-bond donors (Lipinski definition) is 0. The number of hydrogen-bond acceptors (Lipinski definition) is 3. The van der Waals surface area contributed by atoms with Crippen LogP contribution in [0.5, 0.6) is 0 Å². The second kappa shape index (κ2) is 9.94. The van der Waals surface area contributed by atoms with Crippen LogP contribution in [0.4, 0.5) is 4.79 Å². The molecular weight excluding hydrogens is 385 g/mol. The van der Waals surface area contributed by atoms with E-state index in [0.717, 1.165) is 0 Å². The van der Waals surface area contributed by atoms with Crippen molar-refractivity contribution in [1.29, 1.82) is 0 Å². The first kappa shape index (κ1) is 10.7. The molecule has 42 valence electrons. The van der Waals surface area contributed by atoms with Gasteiger partial charge in [-0.2, -0.15) is 0 Å². The molecule has 0 saturated heterocycles. The van der Waals surface area contributed by atoms with Crippen LogP contribution >= 0.6 is 0 Å². The van der Waals surface area contributed by atoms with Crippen LogP contribution in [0, 0.1) is 52.3 Å². The van der Waals surface area contributed by atoms with Crippen LogP contribution in [0.1, 0.15) is 0 Å². The van der Waals surface area contributed by atoms with Crippen LogP contribution < -0.4 is 10.2 Å². The zero-order chi connectivity index (χ0) is 5.58. The van der Waals surface area contributed by atoms with Gasteiger partial charge in [0, 0.05) is 0 Å². The Labute approximate surface area is 71.5 Å². The molecule has 0 fully saturated rings. The molecule has 0 aliphatic carbocycles. The summed E-state index contributed by atoms with van der Waals surface area (Å²) in [6.07, 6.45) is -2.33. The molecule has 0 aromatic carbocycles. The van der Waals surface area contributed by atoms with Crippen molar-refractivity contribution >= 4 is 6.16 Å².